The van der Waals surface area contributed by atoms with Gasteiger partial charge in [-0.05, 0) is 12.1 Å². The third-order valence-electron chi connectivity index (χ3n) is 2.39. The fourth-order valence-electron chi connectivity index (χ4n) is 1.45. The predicted molar refractivity (Wildman–Crippen MR) is 88.1 cm³/mol. The monoisotopic (exact) mass is 321 g/mol. The molecule has 0 unspecified atom stereocenters. The van der Waals surface area contributed by atoms with Crippen molar-refractivity contribution in [2.75, 3.05) is 28.7 Å². The smallest absolute Gasteiger partial charge is 0.259 e. The molecule has 0 aliphatic heterocycles. The Kier molecular flexibility index (Phi) is 6.17. The zero-order chi connectivity index (χ0) is 14.9. The lowest BCUT2D eigenvalue weighted by molar-refractivity contribution is 0.102. The van der Waals surface area contributed by atoms with Gasteiger partial charge in [-0.3, -0.25) is 10.1 Å². The molecule has 8 heteroatoms. The highest BCUT2D eigenvalue weighted by Gasteiger charge is 2.08. The van der Waals surface area contributed by atoms with Crippen LogP contribution in [0.15, 0.2) is 36.5 Å². The number of rotatable bonds is 8. The van der Waals surface area contributed by atoms with E-state index in [9.17, 15) is 4.79 Å². The van der Waals surface area contributed by atoms with Crippen LogP contribution in [0, 0.1) is 0 Å². The number of nitrogens with one attached hydrogen (secondary N) is 2. The molecule has 0 aliphatic rings. The lowest BCUT2D eigenvalue weighted by Crippen LogP contribution is -2.12. The maximum Gasteiger partial charge on any atom is 0.259 e. The van der Waals surface area contributed by atoms with Gasteiger partial charge in [0, 0.05) is 24.2 Å². The van der Waals surface area contributed by atoms with Crippen molar-refractivity contribution in [1.82, 2.24) is 15.2 Å². The van der Waals surface area contributed by atoms with Gasteiger partial charge in [-0.15, -0.1) is 16.8 Å². The largest absolute Gasteiger partial charge is 0.369 e. The highest BCUT2D eigenvalue weighted by molar-refractivity contribution is 7.99. The van der Waals surface area contributed by atoms with E-state index in [1.807, 2.05) is 6.08 Å². The molecule has 0 radical (unpaired) electrons. The average Bonchev–Trinajstić information content (AvgIpc) is 3.00. The third kappa shape index (κ3) is 5.16. The van der Waals surface area contributed by atoms with Crippen molar-refractivity contribution in [1.29, 1.82) is 0 Å². The van der Waals surface area contributed by atoms with Crippen LogP contribution in [-0.4, -0.2) is 39.1 Å². The second-order valence-corrected chi connectivity index (χ2v) is 5.90. The molecule has 0 spiro atoms. The van der Waals surface area contributed by atoms with E-state index >= 15 is 0 Å². The van der Waals surface area contributed by atoms with Gasteiger partial charge in [-0.2, -0.15) is 11.8 Å². The van der Waals surface area contributed by atoms with Crippen molar-refractivity contribution in [3.8, 4) is 0 Å². The number of pyridine rings is 1. The van der Waals surface area contributed by atoms with E-state index in [0.717, 1.165) is 23.9 Å². The van der Waals surface area contributed by atoms with Gasteiger partial charge >= 0.3 is 0 Å². The highest BCUT2D eigenvalue weighted by atomic mass is 32.2. The zero-order valence-electron chi connectivity index (χ0n) is 11.3. The fraction of sp³-hybridized carbons (Fsp3) is 0.231. The summed E-state index contributed by atoms with van der Waals surface area (Å²) in [5.74, 6) is 2.43. The highest BCUT2D eigenvalue weighted by Crippen LogP contribution is 2.11. The molecule has 21 heavy (non-hydrogen) atoms. The van der Waals surface area contributed by atoms with Crippen molar-refractivity contribution in [2.24, 2.45) is 0 Å². The quantitative estimate of drug-likeness (QED) is 0.574. The Morgan fingerprint density at radius 2 is 2.38 bits per heavy atom. The van der Waals surface area contributed by atoms with Crippen LogP contribution in [0.1, 0.15) is 10.4 Å². The van der Waals surface area contributed by atoms with Gasteiger partial charge in [0.1, 0.15) is 11.3 Å². The molecule has 0 fully saturated rings. The molecule has 0 saturated heterocycles. The van der Waals surface area contributed by atoms with Crippen molar-refractivity contribution < 1.29 is 4.79 Å². The van der Waals surface area contributed by atoms with Crippen molar-refractivity contribution in [2.45, 2.75) is 0 Å². The van der Waals surface area contributed by atoms with Crippen LogP contribution in [0.5, 0.6) is 0 Å². The van der Waals surface area contributed by atoms with E-state index in [1.165, 1.54) is 17.5 Å². The molecule has 2 heterocycles. The summed E-state index contributed by atoms with van der Waals surface area (Å²) in [6.07, 6.45) is 3.42. The molecule has 110 valence electrons. The first-order valence-corrected chi connectivity index (χ1v) is 8.29. The van der Waals surface area contributed by atoms with Crippen LogP contribution >= 0.6 is 23.1 Å². The van der Waals surface area contributed by atoms with Crippen LogP contribution in [0.4, 0.5) is 10.9 Å². The predicted octanol–water partition coefficient (Wildman–Crippen LogP) is 2.52. The lowest BCUT2D eigenvalue weighted by Gasteiger charge is -2.06. The van der Waals surface area contributed by atoms with Crippen LogP contribution in [0.3, 0.4) is 0 Å². The van der Waals surface area contributed by atoms with Crippen molar-refractivity contribution >= 4 is 40.0 Å². The van der Waals surface area contributed by atoms with E-state index in [2.05, 4.69) is 32.4 Å². The zero-order valence-corrected chi connectivity index (χ0v) is 12.9. The first-order chi connectivity index (χ1) is 10.3. The summed E-state index contributed by atoms with van der Waals surface area (Å²) in [5, 5.41) is 13.7. The van der Waals surface area contributed by atoms with Gasteiger partial charge in [-0.1, -0.05) is 17.4 Å². The molecule has 6 nitrogen and oxygen atoms in total. The molecule has 2 aromatic heterocycles. The Morgan fingerprint density at radius 3 is 3.05 bits per heavy atom. The van der Waals surface area contributed by atoms with Gasteiger partial charge in [0.15, 0.2) is 0 Å². The number of hydrogen-bond acceptors (Lipinski definition) is 7. The number of carbonyl (C=O) groups excluding carboxylic acids is 1. The maximum absolute atomic E-state index is 11.9. The number of amides is 1. The van der Waals surface area contributed by atoms with Gasteiger partial charge in [0.05, 0.1) is 5.56 Å². The van der Waals surface area contributed by atoms with Crippen molar-refractivity contribution in [3.63, 3.8) is 0 Å². The summed E-state index contributed by atoms with van der Waals surface area (Å²) >= 11 is 3.07. The lowest BCUT2D eigenvalue weighted by atomic mass is 10.2. The van der Waals surface area contributed by atoms with Crippen LogP contribution in [0.25, 0.3) is 0 Å². The molecule has 0 aliphatic carbocycles. The second kappa shape index (κ2) is 8.38. The summed E-state index contributed by atoms with van der Waals surface area (Å²) in [7, 11) is 0. The maximum atomic E-state index is 11.9. The minimum atomic E-state index is -0.243. The molecule has 0 aromatic carbocycles. The Morgan fingerprint density at radius 1 is 1.48 bits per heavy atom. The summed E-state index contributed by atoms with van der Waals surface area (Å²) in [4.78, 5) is 16.1. The van der Waals surface area contributed by atoms with E-state index in [4.69, 9.17) is 0 Å². The molecule has 2 N–H and O–H groups in total. The first kappa shape index (κ1) is 15.5. The van der Waals surface area contributed by atoms with Gasteiger partial charge in [0.2, 0.25) is 5.13 Å². The minimum absolute atomic E-state index is 0.243. The number of aromatic nitrogens is 3. The molecule has 2 rings (SSSR count). The molecule has 0 saturated carbocycles. The van der Waals surface area contributed by atoms with Crippen LogP contribution in [0.2, 0.25) is 0 Å². The fourth-order valence-corrected chi connectivity index (χ4v) is 2.47. The Hall–Kier alpha value is -1.93. The summed E-state index contributed by atoms with van der Waals surface area (Å²) in [6, 6.07) is 3.51. The topological polar surface area (TPSA) is 79.8 Å². The summed E-state index contributed by atoms with van der Waals surface area (Å²) in [6.45, 7) is 4.49. The molecule has 0 atom stereocenters. The number of hydrogen-bond donors (Lipinski definition) is 2. The number of thioether (sulfide) groups is 1. The van der Waals surface area contributed by atoms with E-state index in [1.54, 1.807) is 29.4 Å². The average molecular weight is 321 g/mol. The molecule has 2 aromatic rings. The normalized spacial score (nSPS) is 10.1. The Bertz CT molecular complexity index is 571. The van der Waals surface area contributed by atoms with Crippen LogP contribution < -0.4 is 10.6 Å². The summed E-state index contributed by atoms with van der Waals surface area (Å²) in [5.41, 5.74) is 2.04. The first-order valence-electron chi connectivity index (χ1n) is 6.25. The van der Waals surface area contributed by atoms with E-state index in [0.29, 0.717) is 10.7 Å². The SMILES string of the molecule is C=CCSCCNc1ccc(C(=O)Nc2nncs2)cn1. The molecule has 1 amide bonds. The van der Waals surface area contributed by atoms with Gasteiger partial charge in [-0.25, -0.2) is 4.98 Å². The molecule has 0 bridgehead atoms. The van der Waals surface area contributed by atoms with Gasteiger partial charge in [0.25, 0.3) is 5.91 Å². The second-order valence-electron chi connectivity index (χ2n) is 3.92. The Balaban J connectivity index is 1.81. The summed E-state index contributed by atoms with van der Waals surface area (Å²) < 4.78 is 0. The molecular formula is C13H15N5OS2. The standard InChI is InChI=1S/C13H15N5OS2/c1-2-6-20-7-5-14-11-4-3-10(8-15-11)12(19)17-13-18-16-9-21-13/h2-4,8-9H,1,5-7H2,(H,14,15)(H,17,18,19). The number of anilines is 2. The third-order valence-corrected chi connectivity index (χ3v) is 3.97. The Labute approximate surface area is 131 Å². The van der Waals surface area contributed by atoms with Crippen molar-refractivity contribution in [3.05, 3.63) is 42.1 Å². The van der Waals surface area contributed by atoms with E-state index < -0.39 is 0 Å². The van der Waals surface area contributed by atoms with E-state index in [-0.39, 0.29) is 5.91 Å². The van der Waals surface area contributed by atoms with Gasteiger partial charge < -0.3 is 5.32 Å². The minimum Gasteiger partial charge on any atom is -0.369 e. The number of carbonyl (C=O) groups is 1. The molecular weight excluding hydrogens is 306 g/mol. The number of nitrogens with zero attached hydrogens (tertiary/aromatic N) is 3. The van der Waals surface area contributed by atoms with Crippen LogP contribution in [-0.2, 0) is 0 Å².